The molecule has 1 N–H and O–H groups in total. The van der Waals surface area contributed by atoms with Gasteiger partial charge in [0.2, 0.25) is 11.8 Å². The second-order valence-corrected chi connectivity index (χ2v) is 10.4. The van der Waals surface area contributed by atoms with Crippen LogP contribution in [0.2, 0.25) is 0 Å². The van der Waals surface area contributed by atoms with Crippen LogP contribution < -0.4 is 9.77 Å². The van der Waals surface area contributed by atoms with Gasteiger partial charge in [0.25, 0.3) is 0 Å². The fourth-order valence-corrected chi connectivity index (χ4v) is 7.08. The van der Waals surface area contributed by atoms with Crippen molar-refractivity contribution in [2.75, 3.05) is 4.90 Å². The van der Waals surface area contributed by atoms with E-state index in [0.29, 0.717) is 9.90 Å². The molecule has 0 spiro atoms. The topological polar surface area (TPSA) is 70.2 Å². The van der Waals surface area contributed by atoms with E-state index in [4.69, 9.17) is 0 Å². The van der Waals surface area contributed by atoms with Crippen molar-refractivity contribution in [1.82, 2.24) is 4.98 Å². The minimum absolute atomic E-state index is 0.116. The lowest BCUT2D eigenvalue weighted by Crippen LogP contribution is -2.32. The van der Waals surface area contributed by atoms with Crippen molar-refractivity contribution in [2.45, 2.75) is 22.4 Å². The highest BCUT2D eigenvalue weighted by Gasteiger charge is 2.56. The number of alkyl halides is 3. The minimum Gasteiger partial charge on any atom is -0.307 e. The molecule has 164 valence electrons. The minimum atomic E-state index is -4.61. The molecule has 3 heterocycles. The molecule has 2 aromatic carbocycles. The first-order valence-electron chi connectivity index (χ1n) is 9.35. The fourth-order valence-electron chi connectivity index (χ4n) is 4.15. The zero-order valence-corrected chi connectivity index (χ0v) is 19.1. The lowest BCUT2D eigenvalue weighted by Gasteiger charge is -2.29. The number of amides is 2. The molecule has 11 heteroatoms. The van der Waals surface area contributed by atoms with Crippen molar-refractivity contribution in [3.05, 3.63) is 78.7 Å². The second-order valence-electron chi connectivity index (χ2n) is 7.36. The molecule has 2 aliphatic heterocycles. The smallest absolute Gasteiger partial charge is 0.307 e. The third kappa shape index (κ3) is 3.43. The van der Waals surface area contributed by atoms with Crippen molar-refractivity contribution >= 4 is 56.5 Å². The zero-order valence-electron chi connectivity index (χ0n) is 15.9. The van der Waals surface area contributed by atoms with E-state index in [9.17, 15) is 27.6 Å². The fraction of sp³-hybridized carbons (Fsp3) is 0.190. The number of halogens is 4. The van der Waals surface area contributed by atoms with E-state index in [1.807, 2.05) is 12.1 Å². The lowest BCUT2D eigenvalue weighted by atomic mass is 9.83. The SMILES string of the molecule is O=C1[C@H]2[C@H](c3cccc(Br)c3)c3sc(=O)[nH]c3S[C@H]2C(=O)N1c1cccc(C(F)(F)F)c1. The van der Waals surface area contributed by atoms with E-state index in [-0.39, 0.29) is 10.6 Å². The molecule has 0 aliphatic carbocycles. The summed E-state index contributed by atoms with van der Waals surface area (Å²) in [6.07, 6.45) is -4.61. The number of imide groups is 1. The van der Waals surface area contributed by atoms with Gasteiger partial charge >= 0.3 is 11.0 Å². The molecule has 1 aromatic heterocycles. The summed E-state index contributed by atoms with van der Waals surface area (Å²) in [5, 5.41) is -0.350. The van der Waals surface area contributed by atoms with Gasteiger partial charge in [-0.05, 0) is 35.9 Å². The van der Waals surface area contributed by atoms with Crippen molar-refractivity contribution in [3.63, 3.8) is 0 Å². The third-order valence-corrected chi connectivity index (χ3v) is 8.36. The van der Waals surface area contributed by atoms with Crippen molar-refractivity contribution < 1.29 is 22.8 Å². The summed E-state index contributed by atoms with van der Waals surface area (Å²) in [5.74, 6) is -2.61. The number of rotatable bonds is 2. The highest BCUT2D eigenvalue weighted by molar-refractivity contribution is 9.10. The molecule has 5 nitrogen and oxygen atoms in total. The Hall–Kier alpha value is -2.37. The Balaban J connectivity index is 1.63. The molecule has 0 bridgehead atoms. The Labute approximate surface area is 195 Å². The number of nitrogens with zero attached hydrogens (tertiary/aromatic N) is 1. The molecule has 0 saturated carbocycles. The average molecular weight is 541 g/mol. The van der Waals surface area contributed by atoms with Crippen LogP contribution in [0.1, 0.15) is 21.9 Å². The quantitative estimate of drug-likeness (QED) is 0.463. The van der Waals surface area contributed by atoms with Gasteiger partial charge in [-0.2, -0.15) is 13.2 Å². The van der Waals surface area contributed by atoms with Crippen LogP contribution in [0.3, 0.4) is 0 Å². The van der Waals surface area contributed by atoms with E-state index < -0.39 is 40.6 Å². The molecule has 2 aliphatic rings. The van der Waals surface area contributed by atoms with Crippen LogP contribution in [0.5, 0.6) is 0 Å². The zero-order chi connectivity index (χ0) is 22.8. The number of carbonyl (C=O) groups excluding carboxylic acids is 2. The van der Waals surface area contributed by atoms with E-state index in [1.54, 1.807) is 12.1 Å². The van der Waals surface area contributed by atoms with Crippen LogP contribution in [0.25, 0.3) is 0 Å². The van der Waals surface area contributed by atoms with Crippen molar-refractivity contribution in [3.8, 4) is 0 Å². The number of carbonyl (C=O) groups is 2. The summed E-state index contributed by atoms with van der Waals surface area (Å²) < 4.78 is 40.4. The summed E-state index contributed by atoms with van der Waals surface area (Å²) in [7, 11) is 0. The number of H-pyrrole nitrogens is 1. The van der Waals surface area contributed by atoms with Crippen molar-refractivity contribution in [1.29, 1.82) is 0 Å². The third-order valence-electron chi connectivity index (χ3n) is 5.46. The number of nitrogens with one attached hydrogen (secondary N) is 1. The van der Waals surface area contributed by atoms with Crippen LogP contribution in [0.4, 0.5) is 18.9 Å². The van der Waals surface area contributed by atoms with E-state index in [0.717, 1.165) is 50.2 Å². The van der Waals surface area contributed by atoms with Crippen LogP contribution in [-0.4, -0.2) is 22.0 Å². The maximum Gasteiger partial charge on any atom is 0.416 e. The highest BCUT2D eigenvalue weighted by Crippen LogP contribution is 2.53. The number of anilines is 1. The van der Waals surface area contributed by atoms with E-state index in [1.165, 1.54) is 12.1 Å². The van der Waals surface area contributed by atoms with Crippen molar-refractivity contribution in [2.24, 2.45) is 5.92 Å². The first-order valence-corrected chi connectivity index (χ1v) is 11.8. The molecule has 0 radical (unpaired) electrons. The molecule has 32 heavy (non-hydrogen) atoms. The standard InChI is InChI=1S/C21H12BrF3N2O3S2/c22-11-5-1-3-9(7-11)13-14-16(31-17-15(13)32-20(30)26-17)19(29)27(18(14)28)12-6-2-4-10(8-12)21(23,24)25/h1-8,13-14,16H,(H,26,30)/t13-,14-,16+/m0/s1. The van der Waals surface area contributed by atoms with Crippen LogP contribution in [0, 0.1) is 5.92 Å². The number of hydrogen-bond acceptors (Lipinski definition) is 5. The highest BCUT2D eigenvalue weighted by atomic mass is 79.9. The van der Waals surface area contributed by atoms with Gasteiger partial charge in [0.1, 0.15) is 5.25 Å². The number of aromatic amines is 1. The largest absolute Gasteiger partial charge is 0.416 e. The Morgan fingerprint density at radius 2 is 1.75 bits per heavy atom. The van der Waals surface area contributed by atoms with Gasteiger partial charge in [0.05, 0.1) is 22.2 Å². The Bertz CT molecular complexity index is 1320. The number of thioether (sulfide) groups is 1. The Morgan fingerprint density at radius 3 is 2.47 bits per heavy atom. The van der Waals surface area contributed by atoms with Gasteiger partial charge in [-0.3, -0.25) is 14.4 Å². The summed E-state index contributed by atoms with van der Waals surface area (Å²) in [5.41, 5.74) is -0.321. The summed E-state index contributed by atoms with van der Waals surface area (Å²) in [6.45, 7) is 0. The molecule has 1 saturated heterocycles. The van der Waals surface area contributed by atoms with Gasteiger partial charge in [0, 0.05) is 15.3 Å². The molecular weight excluding hydrogens is 529 g/mol. The Morgan fingerprint density at radius 1 is 1.00 bits per heavy atom. The predicted octanol–water partition coefficient (Wildman–Crippen LogP) is 5.01. The van der Waals surface area contributed by atoms with Gasteiger partial charge < -0.3 is 4.98 Å². The number of hydrogen-bond donors (Lipinski definition) is 1. The Kier molecular flexibility index (Phi) is 5.10. The molecular formula is C21H12BrF3N2O3S2. The average Bonchev–Trinajstić information content (AvgIpc) is 3.22. The molecule has 2 amide bonds. The van der Waals surface area contributed by atoms with Gasteiger partial charge in [-0.15, -0.1) is 0 Å². The molecule has 0 unspecified atom stereocenters. The monoisotopic (exact) mass is 540 g/mol. The van der Waals surface area contributed by atoms with Crippen LogP contribution >= 0.6 is 39.0 Å². The lowest BCUT2D eigenvalue weighted by molar-refractivity contribution is -0.137. The molecule has 1 fully saturated rings. The first kappa shape index (κ1) is 21.5. The number of aromatic nitrogens is 1. The maximum absolute atomic E-state index is 13.5. The molecule has 3 atom stereocenters. The van der Waals surface area contributed by atoms with Gasteiger partial charge in [-0.25, -0.2) is 4.90 Å². The predicted molar refractivity (Wildman–Crippen MR) is 118 cm³/mol. The molecule has 5 rings (SSSR count). The summed E-state index contributed by atoms with van der Waals surface area (Å²) in [4.78, 5) is 42.8. The van der Waals surface area contributed by atoms with Crippen LogP contribution in [0.15, 0.2) is 62.8 Å². The van der Waals surface area contributed by atoms with Gasteiger partial charge in [0.15, 0.2) is 0 Å². The van der Waals surface area contributed by atoms with E-state index >= 15 is 0 Å². The first-order chi connectivity index (χ1) is 15.1. The normalized spacial score (nSPS) is 22.8. The summed E-state index contributed by atoms with van der Waals surface area (Å²) >= 11 is 5.46. The maximum atomic E-state index is 13.5. The summed E-state index contributed by atoms with van der Waals surface area (Å²) in [6, 6.07) is 11.4. The van der Waals surface area contributed by atoms with Crippen LogP contribution in [-0.2, 0) is 15.8 Å². The molecule has 3 aromatic rings. The van der Waals surface area contributed by atoms with E-state index in [2.05, 4.69) is 20.9 Å². The number of thiazole rings is 1. The second kappa shape index (κ2) is 7.60. The van der Waals surface area contributed by atoms with Gasteiger partial charge in [-0.1, -0.05) is 57.2 Å². The number of benzene rings is 2. The number of fused-ring (bicyclic) bond motifs is 2.